The van der Waals surface area contributed by atoms with E-state index < -0.39 is 22.6 Å². The van der Waals surface area contributed by atoms with Crippen LogP contribution >= 0.6 is 0 Å². The molecule has 0 fully saturated rings. The van der Waals surface area contributed by atoms with Crippen molar-refractivity contribution in [3.8, 4) is 0 Å². The van der Waals surface area contributed by atoms with Gasteiger partial charge in [-0.3, -0.25) is 14.9 Å². The average molecular weight is 143 g/mol. The molecule has 5 heteroatoms. The summed E-state index contributed by atoms with van der Waals surface area (Å²) < 4.78 is 10.5. The van der Waals surface area contributed by atoms with Crippen LogP contribution in [0.25, 0.3) is 0 Å². The summed E-state index contributed by atoms with van der Waals surface area (Å²) in [5, 5.41) is 2.00. The van der Waals surface area contributed by atoms with Crippen molar-refractivity contribution >= 4 is 22.6 Å². The van der Waals surface area contributed by atoms with E-state index in [0.29, 0.717) is 0 Å². The van der Waals surface area contributed by atoms with Gasteiger partial charge in [-0.1, -0.05) is 0 Å². The van der Waals surface area contributed by atoms with Crippen LogP contribution in [-0.2, 0) is 20.4 Å². The summed E-state index contributed by atoms with van der Waals surface area (Å²) in [5.74, 6) is -0.985. The summed E-state index contributed by atoms with van der Waals surface area (Å²) in [6.07, 6.45) is 0. The van der Waals surface area contributed by atoms with Crippen molar-refractivity contribution in [1.29, 1.82) is 0 Å². The molecule has 46 valence electrons. The molecule has 0 saturated carbocycles. The van der Waals surface area contributed by atoms with Gasteiger partial charge in [-0.2, -0.15) is 0 Å². The van der Waals surface area contributed by atoms with Crippen LogP contribution in [0.5, 0.6) is 0 Å². The number of hydrogen-bond donors (Lipinski definition) is 1. The molecule has 0 aromatic carbocycles. The van der Waals surface area contributed by atoms with Gasteiger partial charge in [0.05, 0.1) is 10.8 Å². The fraction of sp³-hybridized carbons (Fsp3) is 0. The molecule has 2 amide bonds. The Labute approximate surface area is 52.4 Å². The molecule has 1 N–H and O–H groups in total. The smallest absolute Gasteiger partial charge is 0.268 e. The van der Waals surface area contributed by atoms with Gasteiger partial charge in [0.15, 0.2) is 0 Å². The Bertz CT molecular complexity index is 264. The Hall–Kier alpha value is -0.970. The summed E-state index contributed by atoms with van der Waals surface area (Å²) in [7, 11) is -1.35. The van der Waals surface area contributed by atoms with Crippen LogP contribution in [0, 0.1) is 0 Å². The Morgan fingerprint density at radius 1 is 1.11 bits per heavy atom. The van der Waals surface area contributed by atoms with Crippen molar-refractivity contribution in [2.45, 2.75) is 0 Å². The van der Waals surface area contributed by atoms with Crippen LogP contribution in [0.4, 0.5) is 0 Å². The maximum atomic E-state index is 10.5. The first kappa shape index (κ1) is 4.87. The quantitative estimate of drug-likeness (QED) is 0.425. The summed E-state index contributed by atoms with van der Waals surface area (Å²) >= 11 is 0. The molecule has 0 radical (unpaired) electrons. The fourth-order valence-corrected chi connectivity index (χ4v) is 1.72. The summed E-state index contributed by atoms with van der Waals surface area (Å²) in [4.78, 5) is 21.2. The van der Waals surface area contributed by atoms with Crippen LogP contribution < -0.4 is 5.32 Å². The van der Waals surface area contributed by atoms with Crippen molar-refractivity contribution < 1.29 is 13.8 Å². The van der Waals surface area contributed by atoms with Crippen molar-refractivity contribution in [3.05, 3.63) is 9.81 Å². The third kappa shape index (κ3) is 0.402. The van der Waals surface area contributed by atoms with Gasteiger partial charge < -0.3 is 0 Å². The minimum atomic E-state index is -1.35. The van der Waals surface area contributed by atoms with E-state index in [4.69, 9.17) is 0 Å². The molecule has 2 rings (SSSR count). The Balaban J connectivity index is 2.52. The zero-order valence-electron chi connectivity index (χ0n) is 4.13. The van der Waals surface area contributed by atoms with E-state index >= 15 is 0 Å². The number of imide groups is 1. The molecule has 0 spiro atoms. The van der Waals surface area contributed by atoms with E-state index in [-0.39, 0.29) is 9.81 Å². The largest absolute Gasteiger partial charge is 0.287 e. The van der Waals surface area contributed by atoms with Gasteiger partial charge in [-0.15, -0.1) is 0 Å². The lowest BCUT2D eigenvalue weighted by molar-refractivity contribution is -0.123. The van der Waals surface area contributed by atoms with Crippen molar-refractivity contribution in [2.75, 3.05) is 0 Å². The predicted molar refractivity (Wildman–Crippen MR) is 28.3 cm³/mol. The fourth-order valence-electron chi connectivity index (χ4n) is 0.726. The van der Waals surface area contributed by atoms with Crippen LogP contribution in [0.1, 0.15) is 0 Å². The van der Waals surface area contributed by atoms with E-state index in [9.17, 15) is 13.8 Å². The summed E-state index contributed by atoms with van der Waals surface area (Å²) in [6.45, 7) is 0. The van der Waals surface area contributed by atoms with E-state index in [1.165, 1.54) is 0 Å². The second-order valence-corrected chi connectivity index (χ2v) is 3.06. The van der Waals surface area contributed by atoms with Gasteiger partial charge >= 0.3 is 0 Å². The second-order valence-electron chi connectivity index (χ2n) is 1.71. The lowest BCUT2D eigenvalue weighted by Crippen LogP contribution is -2.27. The third-order valence-electron chi connectivity index (χ3n) is 1.17. The number of carbonyl (C=O) groups is 2. The van der Waals surface area contributed by atoms with Crippen molar-refractivity contribution in [2.24, 2.45) is 0 Å². The van der Waals surface area contributed by atoms with Crippen LogP contribution in [-0.4, -0.2) is 16.0 Å². The number of amides is 2. The Morgan fingerprint density at radius 2 is 1.56 bits per heavy atom. The molecule has 0 saturated heterocycles. The average Bonchev–Trinajstić information content (AvgIpc) is 2.30. The lowest BCUT2D eigenvalue weighted by atomic mass is 10.6. The maximum absolute atomic E-state index is 10.5. The molecule has 4 nitrogen and oxygen atoms in total. The van der Waals surface area contributed by atoms with Gasteiger partial charge in [0.2, 0.25) is 0 Å². The predicted octanol–water partition coefficient (Wildman–Crippen LogP) is -1.38. The zero-order valence-corrected chi connectivity index (χ0v) is 4.95. The Kier molecular flexibility index (Phi) is 0.612. The first-order valence-electron chi connectivity index (χ1n) is 2.23. The van der Waals surface area contributed by atoms with Gasteiger partial charge in [0, 0.05) is 0 Å². The van der Waals surface area contributed by atoms with E-state index in [0.717, 1.165) is 0 Å². The molecular formula is C4HNO3S. The van der Waals surface area contributed by atoms with Crippen LogP contribution in [0.3, 0.4) is 0 Å². The molecule has 0 atom stereocenters. The molecule has 2 aliphatic heterocycles. The topological polar surface area (TPSA) is 63.2 Å². The standard InChI is InChI=1S/C4HNO3S/c6-3-1-2(9(1)8)4(7)5-3/h(H,5,6,7). The first-order chi connectivity index (χ1) is 4.22. The SMILES string of the molecule is O=C1NC(=O)C2=C1S2=O. The molecule has 0 aromatic heterocycles. The van der Waals surface area contributed by atoms with E-state index in [1.807, 2.05) is 5.32 Å². The minimum absolute atomic E-state index is 0.167. The van der Waals surface area contributed by atoms with Gasteiger partial charge in [-0.05, 0) is 0 Å². The molecule has 0 bridgehead atoms. The van der Waals surface area contributed by atoms with Gasteiger partial charge in [0.1, 0.15) is 9.81 Å². The zero-order chi connectivity index (χ0) is 6.59. The highest BCUT2D eigenvalue weighted by Gasteiger charge is 2.50. The molecule has 0 aliphatic carbocycles. The first-order valence-corrected chi connectivity index (χ1v) is 3.38. The molecule has 2 aliphatic rings. The summed E-state index contributed by atoms with van der Waals surface area (Å²) in [6, 6.07) is 0. The normalized spacial score (nSPS) is 24.4. The highest BCUT2D eigenvalue weighted by atomic mass is 32.2. The Morgan fingerprint density at radius 3 is 1.78 bits per heavy atom. The highest BCUT2D eigenvalue weighted by molar-refractivity contribution is 8.02. The number of nitrogens with one attached hydrogen (secondary N) is 1. The molecule has 2 heterocycles. The van der Waals surface area contributed by atoms with E-state index in [1.54, 1.807) is 0 Å². The maximum Gasteiger partial charge on any atom is 0.268 e. The minimum Gasteiger partial charge on any atom is -0.287 e. The molecule has 0 aromatic rings. The van der Waals surface area contributed by atoms with Crippen molar-refractivity contribution in [1.82, 2.24) is 5.32 Å². The second kappa shape index (κ2) is 1.13. The van der Waals surface area contributed by atoms with Crippen LogP contribution in [0.2, 0.25) is 0 Å². The number of hydrogen-bond acceptors (Lipinski definition) is 3. The van der Waals surface area contributed by atoms with E-state index in [2.05, 4.69) is 0 Å². The third-order valence-corrected chi connectivity index (χ3v) is 2.49. The highest BCUT2D eigenvalue weighted by Crippen LogP contribution is 2.35. The summed E-state index contributed by atoms with van der Waals surface area (Å²) in [5.41, 5.74) is 0. The van der Waals surface area contributed by atoms with Crippen LogP contribution in [0.15, 0.2) is 9.81 Å². The molecule has 9 heavy (non-hydrogen) atoms. The lowest BCUT2D eigenvalue weighted by Gasteiger charge is -1.91. The van der Waals surface area contributed by atoms with Gasteiger partial charge in [0.25, 0.3) is 11.8 Å². The molecule has 0 unspecified atom stereocenters. The van der Waals surface area contributed by atoms with Crippen molar-refractivity contribution in [3.63, 3.8) is 0 Å². The monoisotopic (exact) mass is 143 g/mol. The van der Waals surface area contributed by atoms with Gasteiger partial charge in [-0.25, -0.2) is 4.21 Å². The number of rotatable bonds is 0. The number of carbonyl (C=O) groups excluding carboxylic acids is 2. The molecular weight excluding hydrogens is 142 g/mol.